The molecule has 0 spiro atoms. The van der Waals surface area contributed by atoms with Gasteiger partial charge in [0.15, 0.2) is 0 Å². The lowest BCUT2D eigenvalue weighted by Crippen LogP contribution is -2.25. The molecule has 1 aromatic rings. The van der Waals surface area contributed by atoms with E-state index in [0.29, 0.717) is 12.1 Å². The quantitative estimate of drug-likeness (QED) is 0.838. The number of carboxylic acids is 2. The van der Waals surface area contributed by atoms with Crippen molar-refractivity contribution in [2.24, 2.45) is 0 Å². The van der Waals surface area contributed by atoms with Gasteiger partial charge in [-0.15, -0.1) is 0 Å². The van der Waals surface area contributed by atoms with Crippen LogP contribution in [0.1, 0.15) is 40.1 Å². The second kappa shape index (κ2) is 9.90. The Balaban J connectivity index is 0.000000433. The SMILES string of the molecule is CCN(CC)CC[O].Cc1cc(C(=O)O)cc(C(=O)O)c1. The lowest BCUT2D eigenvalue weighted by Gasteiger charge is -2.14. The third kappa shape index (κ3) is 7.43. The Morgan fingerprint density at radius 1 is 1.00 bits per heavy atom. The van der Waals surface area contributed by atoms with Crippen LogP contribution < -0.4 is 0 Å². The highest BCUT2D eigenvalue weighted by molar-refractivity contribution is 5.94. The van der Waals surface area contributed by atoms with Crippen LogP contribution in [0.4, 0.5) is 0 Å². The van der Waals surface area contributed by atoms with E-state index >= 15 is 0 Å². The molecule has 0 atom stereocenters. The van der Waals surface area contributed by atoms with Gasteiger partial charge >= 0.3 is 11.9 Å². The van der Waals surface area contributed by atoms with E-state index in [9.17, 15) is 14.7 Å². The molecule has 0 amide bonds. The van der Waals surface area contributed by atoms with E-state index in [2.05, 4.69) is 18.7 Å². The molecule has 0 heterocycles. The summed E-state index contributed by atoms with van der Waals surface area (Å²) in [5, 5.41) is 27.3. The number of rotatable bonds is 6. The zero-order valence-electron chi connectivity index (χ0n) is 12.6. The number of likely N-dealkylation sites (N-methyl/N-ethyl adjacent to an activating group) is 1. The maximum Gasteiger partial charge on any atom is 0.335 e. The molecule has 0 aliphatic rings. The fourth-order valence-electron chi connectivity index (χ4n) is 1.70. The van der Waals surface area contributed by atoms with E-state index in [1.54, 1.807) is 6.92 Å². The molecule has 0 aromatic heterocycles. The van der Waals surface area contributed by atoms with Gasteiger partial charge in [0, 0.05) is 6.54 Å². The maximum atomic E-state index is 10.5. The molecule has 6 heteroatoms. The van der Waals surface area contributed by atoms with Gasteiger partial charge in [0.1, 0.15) is 0 Å². The highest BCUT2D eigenvalue weighted by Crippen LogP contribution is 2.09. The molecule has 0 aliphatic carbocycles. The van der Waals surface area contributed by atoms with E-state index in [0.717, 1.165) is 19.2 Å². The minimum absolute atomic E-state index is 0.00241. The van der Waals surface area contributed by atoms with Gasteiger partial charge in [-0.25, -0.2) is 14.7 Å². The maximum absolute atomic E-state index is 10.5. The fourth-order valence-corrected chi connectivity index (χ4v) is 1.70. The predicted octanol–water partition coefficient (Wildman–Crippen LogP) is 2.15. The Kier molecular flexibility index (Phi) is 9.00. The molecular weight excluding hydrogens is 274 g/mol. The normalized spacial score (nSPS) is 9.95. The van der Waals surface area contributed by atoms with Crippen molar-refractivity contribution in [2.45, 2.75) is 20.8 Å². The van der Waals surface area contributed by atoms with Gasteiger partial charge in [-0.05, 0) is 43.8 Å². The number of nitrogens with zero attached hydrogens (tertiary/aromatic N) is 1. The number of hydrogen-bond acceptors (Lipinski definition) is 3. The van der Waals surface area contributed by atoms with E-state index in [4.69, 9.17) is 10.2 Å². The second-order valence-electron chi connectivity index (χ2n) is 4.43. The molecule has 1 rings (SSSR count). The van der Waals surface area contributed by atoms with Crippen LogP contribution in [-0.2, 0) is 5.11 Å². The lowest BCUT2D eigenvalue weighted by molar-refractivity contribution is 0.0696. The molecular formula is C15H22NO5. The van der Waals surface area contributed by atoms with E-state index in [-0.39, 0.29) is 17.7 Å². The molecule has 1 aromatic carbocycles. The Morgan fingerprint density at radius 2 is 1.43 bits per heavy atom. The summed E-state index contributed by atoms with van der Waals surface area (Å²) < 4.78 is 0. The number of carbonyl (C=O) groups is 2. The van der Waals surface area contributed by atoms with Crippen LogP contribution in [0, 0.1) is 6.92 Å². The van der Waals surface area contributed by atoms with Crippen LogP contribution in [0.15, 0.2) is 18.2 Å². The Bertz CT molecular complexity index is 437. The summed E-state index contributed by atoms with van der Waals surface area (Å²) in [6.07, 6.45) is 0. The second-order valence-corrected chi connectivity index (χ2v) is 4.43. The molecule has 6 nitrogen and oxygen atoms in total. The van der Waals surface area contributed by atoms with Gasteiger partial charge in [0.2, 0.25) is 0 Å². The molecule has 0 saturated carbocycles. The van der Waals surface area contributed by atoms with Crippen molar-refractivity contribution in [1.82, 2.24) is 4.90 Å². The van der Waals surface area contributed by atoms with E-state index in [1.165, 1.54) is 12.1 Å². The molecule has 0 bridgehead atoms. The predicted molar refractivity (Wildman–Crippen MR) is 78.4 cm³/mol. The highest BCUT2D eigenvalue weighted by Gasteiger charge is 2.09. The summed E-state index contributed by atoms with van der Waals surface area (Å²) in [5.41, 5.74) is 0.618. The fraction of sp³-hybridized carbons (Fsp3) is 0.467. The van der Waals surface area contributed by atoms with Crippen molar-refractivity contribution >= 4 is 11.9 Å². The molecule has 0 unspecified atom stereocenters. The third-order valence-electron chi connectivity index (χ3n) is 2.87. The van der Waals surface area contributed by atoms with Crippen LogP contribution in [0.2, 0.25) is 0 Å². The molecule has 2 N–H and O–H groups in total. The Morgan fingerprint density at radius 3 is 1.67 bits per heavy atom. The van der Waals surface area contributed by atoms with Crippen molar-refractivity contribution < 1.29 is 24.9 Å². The average Bonchev–Trinajstić information content (AvgIpc) is 2.44. The average molecular weight is 296 g/mol. The smallest absolute Gasteiger partial charge is 0.335 e. The minimum Gasteiger partial charge on any atom is -0.478 e. The largest absolute Gasteiger partial charge is 0.478 e. The number of aryl methyl sites for hydroxylation is 1. The molecule has 0 saturated heterocycles. The van der Waals surface area contributed by atoms with Crippen molar-refractivity contribution in [3.8, 4) is 0 Å². The van der Waals surface area contributed by atoms with Gasteiger partial charge < -0.3 is 15.1 Å². The zero-order chi connectivity index (χ0) is 16.4. The van der Waals surface area contributed by atoms with E-state index in [1.807, 2.05) is 0 Å². The molecule has 117 valence electrons. The number of aromatic carboxylic acids is 2. The topological polar surface area (TPSA) is 97.7 Å². The van der Waals surface area contributed by atoms with Crippen molar-refractivity contribution in [3.05, 3.63) is 34.9 Å². The number of carboxylic acid groups (broad SMARTS) is 2. The third-order valence-corrected chi connectivity index (χ3v) is 2.87. The minimum atomic E-state index is -1.12. The van der Waals surface area contributed by atoms with Crippen molar-refractivity contribution in [2.75, 3.05) is 26.2 Å². The zero-order valence-corrected chi connectivity index (χ0v) is 12.6. The first-order chi connectivity index (χ1) is 9.85. The first-order valence-electron chi connectivity index (χ1n) is 6.74. The van der Waals surface area contributed by atoms with Crippen molar-refractivity contribution in [3.63, 3.8) is 0 Å². The summed E-state index contributed by atoms with van der Waals surface area (Å²) in [6.45, 7) is 8.52. The molecule has 21 heavy (non-hydrogen) atoms. The number of benzene rings is 1. The van der Waals surface area contributed by atoms with Crippen LogP contribution >= 0.6 is 0 Å². The lowest BCUT2D eigenvalue weighted by atomic mass is 10.1. The monoisotopic (exact) mass is 296 g/mol. The summed E-state index contributed by atoms with van der Waals surface area (Å²) in [5.74, 6) is -2.24. The molecule has 1 radical (unpaired) electrons. The van der Waals surface area contributed by atoms with Gasteiger partial charge in [-0.1, -0.05) is 13.8 Å². The van der Waals surface area contributed by atoms with Gasteiger partial charge in [0.05, 0.1) is 17.7 Å². The summed E-state index contributed by atoms with van der Waals surface area (Å²) in [7, 11) is 0. The van der Waals surface area contributed by atoms with Crippen molar-refractivity contribution in [1.29, 1.82) is 0 Å². The van der Waals surface area contributed by atoms with Crippen LogP contribution in [0.3, 0.4) is 0 Å². The Hall–Kier alpha value is -1.92. The van der Waals surface area contributed by atoms with E-state index < -0.39 is 11.9 Å². The van der Waals surface area contributed by atoms with Crippen LogP contribution in [0.25, 0.3) is 0 Å². The van der Waals surface area contributed by atoms with Gasteiger partial charge in [-0.3, -0.25) is 0 Å². The molecule has 0 aliphatic heterocycles. The first kappa shape index (κ1) is 19.1. The highest BCUT2D eigenvalue weighted by atomic mass is 16.4. The summed E-state index contributed by atoms with van der Waals surface area (Å²) in [4.78, 5) is 23.2. The standard InChI is InChI=1S/C9H8O4.C6H14NO/c1-5-2-6(8(10)11)4-7(3-5)9(12)13;1-3-7(4-2)5-6-8/h2-4H,1H3,(H,10,11)(H,12,13);3-6H2,1-2H3. The Labute approximate surface area is 124 Å². The van der Waals surface area contributed by atoms with Crippen LogP contribution in [0.5, 0.6) is 0 Å². The molecule has 0 fully saturated rings. The summed E-state index contributed by atoms with van der Waals surface area (Å²) >= 11 is 0. The van der Waals surface area contributed by atoms with Crippen LogP contribution in [-0.4, -0.2) is 53.3 Å². The van der Waals surface area contributed by atoms with Gasteiger partial charge in [0.25, 0.3) is 0 Å². The van der Waals surface area contributed by atoms with Gasteiger partial charge in [-0.2, -0.15) is 0 Å². The number of hydrogen-bond donors (Lipinski definition) is 2. The first-order valence-corrected chi connectivity index (χ1v) is 6.74. The summed E-state index contributed by atoms with van der Waals surface area (Å²) in [6, 6.07) is 3.99.